The summed E-state index contributed by atoms with van der Waals surface area (Å²) in [7, 11) is 0. The van der Waals surface area contributed by atoms with Crippen LogP contribution in [-0.4, -0.2) is 19.7 Å². The third-order valence-electron chi connectivity index (χ3n) is 4.72. The molecule has 3 aromatic rings. The number of aromatic amines is 2. The Bertz CT molecular complexity index is 1180. The van der Waals surface area contributed by atoms with Crippen LogP contribution < -0.4 is 11.2 Å². The quantitative estimate of drug-likeness (QED) is 0.645. The van der Waals surface area contributed by atoms with Crippen LogP contribution >= 0.6 is 0 Å². The molecule has 0 amide bonds. The molecule has 6 nitrogen and oxygen atoms in total. The average Bonchev–Trinajstić information content (AvgIpc) is 3.28. The van der Waals surface area contributed by atoms with E-state index >= 15 is 0 Å². The van der Waals surface area contributed by atoms with Crippen molar-refractivity contribution in [3.05, 3.63) is 61.9 Å². The van der Waals surface area contributed by atoms with E-state index in [1.54, 1.807) is 4.98 Å². The number of rotatable bonds is 2. The van der Waals surface area contributed by atoms with E-state index in [0.29, 0.717) is 5.56 Å². The Balaban J connectivity index is 1.94. The van der Waals surface area contributed by atoms with Crippen LogP contribution in [0, 0.1) is 0 Å². The van der Waals surface area contributed by atoms with E-state index in [2.05, 4.69) is 10.1 Å². The zero-order valence-electron chi connectivity index (χ0n) is 13.7. The van der Waals surface area contributed by atoms with Crippen LogP contribution in [0.3, 0.4) is 0 Å². The molecule has 148 valence electrons. The molecule has 12 heteroatoms. The average molecular weight is 404 g/mol. The number of nitrogens with one attached hydrogen (secondary N) is 2. The number of halogens is 6. The SMILES string of the molecule is O=c1[nH]c(=O)c2c(C(F)(F)F)nn(C3(c4ccc(C(F)(F)F)cc4)CC3)c2[nH]1. The standard InChI is InChI=1S/C16H10F6N4O2/c17-15(18,19)8-3-1-7(2-4-8)14(5-6-14)26-11-9(10(25-26)16(20,21)22)12(27)24-13(28)23-11/h1-4H,5-6H2,(H2,23,24,27,28). The molecule has 4 rings (SSSR count). The predicted octanol–water partition coefficient (Wildman–Crippen LogP) is 2.99. The van der Waals surface area contributed by atoms with Crippen molar-refractivity contribution in [1.82, 2.24) is 19.7 Å². The maximum Gasteiger partial charge on any atom is 0.436 e. The Morgan fingerprint density at radius 3 is 2.04 bits per heavy atom. The van der Waals surface area contributed by atoms with Crippen LogP contribution in [0.25, 0.3) is 11.0 Å². The molecule has 0 saturated heterocycles. The zero-order chi connectivity index (χ0) is 20.5. The van der Waals surface area contributed by atoms with Gasteiger partial charge in [-0.2, -0.15) is 31.4 Å². The van der Waals surface area contributed by atoms with Crippen molar-refractivity contribution in [2.75, 3.05) is 0 Å². The molecular formula is C16H10F6N4O2. The molecule has 1 aromatic carbocycles. The molecule has 0 atom stereocenters. The predicted molar refractivity (Wildman–Crippen MR) is 83.7 cm³/mol. The summed E-state index contributed by atoms with van der Waals surface area (Å²) in [6, 6.07) is 3.95. The van der Waals surface area contributed by atoms with Crippen LogP contribution in [0.15, 0.2) is 33.9 Å². The number of H-pyrrole nitrogens is 2. The highest BCUT2D eigenvalue weighted by atomic mass is 19.4. The number of benzene rings is 1. The first-order chi connectivity index (χ1) is 12.9. The molecule has 0 aliphatic heterocycles. The Labute approximate surface area is 150 Å². The molecule has 1 aliphatic rings. The normalized spacial score (nSPS) is 16.5. The molecule has 0 unspecified atom stereocenters. The van der Waals surface area contributed by atoms with Crippen LogP contribution in [0.5, 0.6) is 0 Å². The Morgan fingerprint density at radius 1 is 0.929 bits per heavy atom. The topological polar surface area (TPSA) is 83.5 Å². The van der Waals surface area contributed by atoms with Gasteiger partial charge in [0, 0.05) is 0 Å². The highest BCUT2D eigenvalue weighted by Crippen LogP contribution is 2.51. The monoisotopic (exact) mass is 404 g/mol. The number of hydrogen-bond acceptors (Lipinski definition) is 3. The summed E-state index contributed by atoms with van der Waals surface area (Å²) in [5, 5.41) is 2.70. The molecule has 0 spiro atoms. The fourth-order valence-electron chi connectivity index (χ4n) is 3.27. The molecule has 1 fully saturated rings. The third kappa shape index (κ3) is 2.70. The van der Waals surface area contributed by atoms with Crippen molar-refractivity contribution in [1.29, 1.82) is 0 Å². The molecule has 2 heterocycles. The Hall–Kier alpha value is -3.05. The van der Waals surface area contributed by atoms with Crippen LogP contribution in [0.4, 0.5) is 26.3 Å². The van der Waals surface area contributed by atoms with Gasteiger partial charge >= 0.3 is 18.0 Å². The lowest BCUT2D eigenvalue weighted by atomic mass is 10.0. The summed E-state index contributed by atoms with van der Waals surface area (Å²) in [5.41, 5.74) is -5.96. The van der Waals surface area contributed by atoms with Gasteiger partial charge in [-0.1, -0.05) is 12.1 Å². The molecular weight excluding hydrogens is 394 g/mol. The van der Waals surface area contributed by atoms with Crippen molar-refractivity contribution < 1.29 is 26.3 Å². The van der Waals surface area contributed by atoms with Gasteiger partial charge in [-0.25, -0.2) is 9.48 Å². The second kappa shape index (κ2) is 5.49. The van der Waals surface area contributed by atoms with Gasteiger partial charge in [0.1, 0.15) is 11.0 Å². The largest absolute Gasteiger partial charge is 0.436 e. The van der Waals surface area contributed by atoms with Gasteiger partial charge in [0.05, 0.1) is 11.1 Å². The van der Waals surface area contributed by atoms with Crippen molar-refractivity contribution >= 4 is 11.0 Å². The summed E-state index contributed by atoms with van der Waals surface area (Å²) in [4.78, 5) is 27.4. The van der Waals surface area contributed by atoms with Gasteiger partial charge in [0.15, 0.2) is 5.69 Å². The number of hydrogen-bond donors (Lipinski definition) is 2. The van der Waals surface area contributed by atoms with Gasteiger partial charge in [-0.3, -0.25) is 14.8 Å². The van der Waals surface area contributed by atoms with Crippen molar-refractivity contribution in [2.24, 2.45) is 0 Å². The minimum atomic E-state index is -4.97. The van der Waals surface area contributed by atoms with Gasteiger partial charge in [-0.05, 0) is 30.5 Å². The third-order valence-corrected chi connectivity index (χ3v) is 4.72. The first kappa shape index (κ1) is 18.3. The maximum absolute atomic E-state index is 13.4. The fraction of sp³-hybridized carbons (Fsp3) is 0.312. The molecule has 2 aromatic heterocycles. The van der Waals surface area contributed by atoms with Crippen molar-refractivity contribution in [2.45, 2.75) is 30.7 Å². The van der Waals surface area contributed by atoms with Crippen LogP contribution in [0.2, 0.25) is 0 Å². The number of fused-ring (bicyclic) bond motifs is 1. The Morgan fingerprint density at radius 2 is 1.54 bits per heavy atom. The highest BCUT2D eigenvalue weighted by molar-refractivity contribution is 5.78. The number of alkyl halides is 6. The number of aromatic nitrogens is 4. The maximum atomic E-state index is 13.4. The van der Waals surface area contributed by atoms with Gasteiger partial charge in [0.25, 0.3) is 5.56 Å². The van der Waals surface area contributed by atoms with E-state index < -0.39 is 51.4 Å². The van der Waals surface area contributed by atoms with Crippen molar-refractivity contribution in [3.8, 4) is 0 Å². The minimum Gasteiger partial charge on any atom is -0.291 e. The summed E-state index contributed by atoms with van der Waals surface area (Å²) in [6.07, 6.45) is -8.97. The summed E-state index contributed by atoms with van der Waals surface area (Å²) in [6.45, 7) is 0. The molecule has 1 aliphatic carbocycles. The lowest BCUT2D eigenvalue weighted by Gasteiger charge is -2.18. The van der Waals surface area contributed by atoms with Gasteiger partial charge in [0.2, 0.25) is 0 Å². The van der Waals surface area contributed by atoms with Gasteiger partial charge in [-0.15, -0.1) is 0 Å². The van der Waals surface area contributed by atoms with E-state index in [1.807, 2.05) is 0 Å². The second-order valence-corrected chi connectivity index (χ2v) is 6.50. The fourth-order valence-corrected chi connectivity index (χ4v) is 3.27. The molecule has 28 heavy (non-hydrogen) atoms. The summed E-state index contributed by atoms with van der Waals surface area (Å²) < 4.78 is 79.3. The first-order valence-corrected chi connectivity index (χ1v) is 7.94. The lowest BCUT2D eigenvalue weighted by molar-refractivity contribution is -0.140. The van der Waals surface area contributed by atoms with Gasteiger partial charge < -0.3 is 0 Å². The molecule has 0 radical (unpaired) electrons. The first-order valence-electron chi connectivity index (χ1n) is 7.94. The lowest BCUT2D eigenvalue weighted by Crippen LogP contribution is -2.26. The Kier molecular flexibility index (Phi) is 3.59. The minimum absolute atomic E-state index is 0.279. The summed E-state index contributed by atoms with van der Waals surface area (Å²) >= 11 is 0. The molecule has 0 bridgehead atoms. The van der Waals surface area contributed by atoms with Crippen LogP contribution in [0.1, 0.15) is 29.7 Å². The van der Waals surface area contributed by atoms with E-state index in [9.17, 15) is 35.9 Å². The molecule has 1 saturated carbocycles. The number of nitrogens with zero attached hydrogens (tertiary/aromatic N) is 2. The zero-order valence-corrected chi connectivity index (χ0v) is 13.7. The van der Waals surface area contributed by atoms with E-state index in [-0.39, 0.29) is 12.8 Å². The molecule has 2 N–H and O–H groups in total. The smallest absolute Gasteiger partial charge is 0.291 e. The second-order valence-electron chi connectivity index (χ2n) is 6.50. The van der Waals surface area contributed by atoms with E-state index in [0.717, 1.165) is 28.9 Å². The van der Waals surface area contributed by atoms with Crippen molar-refractivity contribution in [3.63, 3.8) is 0 Å². The summed E-state index contributed by atoms with van der Waals surface area (Å²) in [5.74, 6) is 0. The van der Waals surface area contributed by atoms with E-state index in [1.165, 1.54) is 0 Å². The van der Waals surface area contributed by atoms with Crippen LogP contribution in [-0.2, 0) is 17.9 Å². The van der Waals surface area contributed by atoms with E-state index in [4.69, 9.17) is 0 Å². The highest BCUT2D eigenvalue weighted by Gasteiger charge is 2.51.